The molecule has 0 spiro atoms. The number of nitrogens with one attached hydrogen (secondary N) is 2. The molecule has 0 radical (unpaired) electrons. The van der Waals surface area contributed by atoms with Crippen molar-refractivity contribution in [2.24, 2.45) is 0 Å². The average Bonchev–Trinajstić information content (AvgIpc) is 2.86. The maximum atomic E-state index is 12.1. The first-order valence-corrected chi connectivity index (χ1v) is 6.96. The van der Waals surface area contributed by atoms with Crippen molar-refractivity contribution in [2.75, 3.05) is 13.6 Å². The first-order valence-electron chi connectivity index (χ1n) is 6.96. The third-order valence-electron chi connectivity index (χ3n) is 3.46. The summed E-state index contributed by atoms with van der Waals surface area (Å²) >= 11 is 0. The molecule has 0 aromatic carbocycles. The molecule has 0 aromatic rings. The van der Waals surface area contributed by atoms with E-state index < -0.39 is 12.0 Å². The normalized spacial score (nSPS) is 19.5. The van der Waals surface area contributed by atoms with E-state index in [9.17, 15) is 14.4 Å². The molecule has 3 N–H and O–H groups in total. The van der Waals surface area contributed by atoms with E-state index in [1.165, 1.54) is 0 Å². The zero-order valence-electron chi connectivity index (χ0n) is 12.0. The molecular formula is C13H23N3O4. The van der Waals surface area contributed by atoms with Crippen LogP contribution in [0.3, 0.4) is 0 Å². The van der Waals surface area contributed by atoms with E-state index in [-0.39, 0.29) is 24.4 Å². The zero-order valence-corrected chi connectivity index (χ0v) is 12.0. The largest absolute Gasteiger partial charge is 0.481 e. The molecule has 7 heteroatoms. The highest BCUT2D eigenvalue weighted by Crippen LogP contribution is 2.17. The second kappa shape index (κ2) is 7.72. The van der Waals surface area contributed by atoms with Gasteiger partial charge in [0, 0.05) is 26.1 Å². The topological polar surface area (TPSA) is 98.7 Å². The minimum atomic E-state index is -0.831. The van der Waals surface area contributed by atoms with E-state index in [0.29, 0.717) is 25.8 Å². The minimum Gasteiger partial charge on any atom is -0.481 e. The lowest BCUT2D eigenvalue weighted by atomic mass is 10.1. The van der Waals surface area contributed by atoms with Gasteiger partial charge in [-0.05, 0) is 32.6 Å². The summed E-state index contributed by atoms with van der Waals surface area (Å²) in [4.78, 5) is 35.7. The average molecular weight is 285 g/mol. The van der Waals surface area contributed by atoms with E-state index in [1.807, 2.05) is 6.92 Å². The van der Waals surface area contributed by atoms with Crippen molar-refractivity contribution < 1.29 is 19.5 Å². The maximum absolute atomic E-state index is 12.1. The van der Waals surface area contributed by atoms with Crippen LogP contribution in [0.25, 0.3) is 0 Å². The van der Waals surface area contributed by atoms with Gasteiger partial charge in [-0.25, -0.2) is 4.79 Å². The Labute approximate surface area is 118 Å². The Kier molecular flexibility index (Phi) is 6.27. The van der Waals surface area contributed by atoms with Crippen molar-refractivity contribution in [3.8, 4) is 0 Å². The molecule has 0 bridgehead atoms. The summed E-state index contributed by atoms with van der Waals surface area (Å²) in [6.07, 6.45) is 2.73. The monoisotopic (exact) mass is 285 g/mol. The Balaban J connectivity index is 2.41. The SMILES string of the molecule is CNC(=O)C1CCCN1C(=O)NC(C)CCCC(=O)O. The number of urea groups is 1. The highest BCUT2D eigenvalue weighted by Gasteiger charge is 2.33. The standard InChI is InChI=1S/C13H23N3O4/c1-9(5-3-7-11(17)18)15-13(20)16-8-4-6-10(16)12(19)14-2/h9-10H,3-8H2,1-2H3,(H,14,19)(H,15,20)(H,17,18). The predicted molar refractivity (Wildman–Crippen MR) is 73.3 cm³/mol. The van der Waals surface area contributed by atoms with Crippen LogP contribution >= 0.6 is 0 Å². The Morgan fingerprint density at radius 2 is 2.10 bits per heavy atom. The van der Waals surface area contributed by atoms with Crippen molar-refractivity contribution in [3.63, 3.8) is 0 Å². The molecular weight excluding hydrogens is 262 g/mol. The van der Waals surface area contributed by atoms with E-state index >= 15 is 0 Å². The van der Waals surface area contributed by atoms with Gasteiger partial charge in [0.05, 0.1) is 0 Å². The lowest BCUT2D eigenvalue weighted by molar-refractivity contribution is -0.137. The zero-order chi connectivity index (χ0) is 15.1. The van der Waals surface area contributed by atoms with Crippen molar-refractivity contribution in [1.82, 2.24) is 15.5 Å². The molecule has 114 valence electrons. The molecule has 1 aliphatic heterocycles. The molecule has 1 saturated heterocycles. The quantitative estimate of drug-likeness (QED) is 0.663. The summed E-state index contributed by atoms with van der Waals surface area (Å²) in [6.45, 7) is 2.41. The second-order valence-corrected chi connectivity index (χ2v) is 5.10. The van der Waals surface area contributed by atoms with Crippen LogP contribution in [-0.2, 0) is 9.59 Å². The van der Waals surface area contributed by atoms with Crippen LogP contribution < -0.4 is 10.6 Å². The van der Waals surface area contributed by atoms with Gasteiger partial charge in [0.1, 0.15) is 6.04 Å². The van der Waals surface area contributed by atoms with Gasteiger partial charge in [-0.15, -0.1) is 0 Å². The number of carboxylic acid groups (broad SMARTS) is 1. The van der Waals surface area contributed by atoms with Crippen LogP contribution in [0.2, 0.25) is 0 Å². The molecule has 2 atom stereocenters. The number of amides is 3. The van der Waals surface area contributed by atoms with Gasteiger partial charge in [-0.3, -0.25) is 9.59 Å². The van der Waals surface area contributed by atoms with Crippen LogP contribution in [-0.4, -0.2) is 53.6 Å². The number of hydrogen-bond donors (Lipinski definition) is 3. The first kappa shape index (κ1) is 16.3. The van der Waals surface area contributed by atoms with Crippen molar-refractivity contribution in [1.29, 1.82) is 0 Å². The highest BCUT2D eigenvalue weighted by atomic mass is 16.4. The second-order valence-electron chi connectivity index (χ2n) is 5.10. The number of hydrogen-bond acceptors (Lipinski definition) is 3. The summed E-state index contributed by atoms with van der Waals surface area (Å²) in [5.41, 5.74) is 0. The van der Waals surface area contributed by atoms with Crippen LogP contribution in [0, 0.1) is 0 Å². The molecule has 2 unspecified atom stereocenters. The third-order valence-corrected chi connectivity index (χ3v) is 3.46. The Morgan fingerprint density at radius 1 is 1.40 bits per heavy atom. The lowest BCUT2D eigenvalue weighted by Gasteiger charge is -2.25. The Hall–Kier alpha value is -1.79. The maximum Gasteiger partial charge on any atom is 0.318 e. The molecule has 0 aliphatic carbocycles. The Morgan fingerprint density at radius 3 is 2.70 bits per heavy atom. The fraction of sp³-hybridized carbons (Fsp3) is 0.769. The summed E-state index contributed by atoms with van der Waals surface area (Å²) in [7, 11) is 1.56. The van der Waals surface area contributed by atoms with Gasteiger partial charge in [0.2, 0.25) is 5.91 Å². The summed E-state index contributed by atoms with van der Waals surface area (Å²) in [5.74, 6) is -0.973. The molecule has 3 amide bonds. The minimum absolute atomic E-state index is 0.102. The number of rotatable bonds is 6. The number of likely N-dealkylation sites (tertiary alicyclic amines) is 1. The highest BCUT2D eigenvalue weighted by molar-refractivity contribution is 5.87. The number of nitrogens with zero attached hydrogens (tertiary/aromatic N) is 1. The van der Waals surface area contributed by atoms with E-state index in [4.69, 9.17) is 5.11 Å². The summed E-state index contributed by atoms with van der Waals surface area (Å²) in [6, 6.07) is -0.752. The molecule has 0 saturated carbocycles. The molecule has 1 rings (SSSR count). The molecule has 0 aromatic heterocycles. The van der Waals surface area contributed by atoms with Crippen LogP contribution in [0.5, 0.6) is 0 Å². The summed E-state index contributed by atoms with van der Waals surface area (Å²) in [5, 5.41) is 13.9. The van der Waals surface area contributed by atoms with Gasteiger partial charge in [-0.1, -0.05) is 0 Å². The molecule has 20 heavy (non-hydrogen) atoms. The number of aliphatic carboxylic acids is 1. The van der Waals surface area contributed by atoms with E-state index in [2.05, 4.69) is 10.6 Å². The van der Waals surface area contributed by atoms with Crippen molar-refractivity contribution >= 4 is 17.9 Å². The fourth-order valence-corrected chi connectivity index (χ4v) is 2.37. The van der Waals surface area contributed by atoms with Gasteiger partial charge < -0.3 is 20.6 Å². The molecule has 7 nitrogen and oxygen atoms in total. The van der Waals surface area contributed by atoms with Gasteiger partial charge >= 0.3 is 12.0 Å². The fourth-order valence-electron chi connectivity index (χ4n) is 2.37. The predicted octanol–water partition coefficient (Wildman–Crippen LogP) is 0.550. The van der Waals surface area contributed by atoms with Crippen LogP contribution in [0.1, 0.15) is 39.0 Å². The number of carbonyl (C=O) groups is 3. The van der Waals surface area contributed by atoms with Crippen LogP contribution in [0.15, 0.2) is 0 Å². The van der Waals surface area contributed by atoms with Gasteiger partial charge in [-0.2, -0.15) is 0 Å². The number of carboxylic acids is 1. The lowest BCUT2D eigenvalue weighted by Crippen LogP contribution is -2.50. The van der Waals surface area contributed by atoms with Crippen molar-refractivity contribution in [2.45, 2.75) is 51.1 Å². The summed E-state index contributed by atoms with van der Waals surface area (Å²) < 4.78 is 0. The molecule has 1 aliphatic rings. The van der Waals surface area contributed by atoms with Gasteiger partial charge in [0.15, 0.2) is 0 Å². The number of carbonyl (C=O) groups excluding carboxylic acids is 2. The smallest absolute Gasteiger partial charge is 0.318 e. The molecule has 1 fully saturated rings. The van der Waals surface area contributed by atoms with Crippen LogP contribution in [0.4, 0.5) is 4.79 Å². The van der Waals surface area contributed by atoms with E-state index in [0.717, 1.165) is 6.42 Å². The van der Waals surface area contributed by atoms with Crippen molar-refractivity contribution in [3.05, 3.63) is 0 Å². The first-order chi connectivity index (χ1) is 9.45. The van der Waals surface area contributed by atoms with E-state index in [1.54, 1.807) is 11.9 Å². The molecule has 1 heterocycles. The Bertz CT molecular complexity index is 373. The third kappa shape index (κ3) is 4.71. The van der Waals surface area contributed by atoms with Gasteiger partial charge in [0.25, 0.3) is 0 Å². The number of likely N-dealkylation sites (N-methyl/N-ethyl adjacent to an activating group) is 1.